The summed E-state index contributed by atoms with van der Waals surface area (Å²) in [6.45, 7) is 2.23. The van der Waals surface area contributed by atoms with Crippen LogP contribution in [0.1, 0.15) is 5.56 Å². The molecule has 0 spiro atoms. The Balaban J connectivity index is 2.63. The van der Waals surface area contributed by atoms with Crippen molar-refractivity contribution in [3.05, 3.63) is 36.4 Å². The fraction of sp³-hybridized carbons (Fsp3) is 0.200. The second kappa shape index (κ2) is 4.17. The number of benzene rings is 1. The molecule has 0 N–H and O–H groups in total. The summed E-state index contributed by atoms with van der Waals surface area (Å²) >= 11 is 0. The third-order valence-electron chi connectivity index (χ3n) is 1.50. The molecule has 0 heterocycles. The van der Waals surface area contributed by atoms with Gasteiger partial charge in [0.15, 0.2) is 6.61 Å². The van der Waals surface area contributed by atoms with Crippen molar-refractivity contribution in [3.8, 4) is 5.75 Å². The highest BCUT2D eigenvalue weighted by Crippen LogP contribution is 2.19. The van der Waals surface area contributed by atoms with Crippen molar-refractivity contribution >= 4 is 6.08 Å². The molecule has 0 aromatic heterocycles. The van der Waals surface area contributed by atoms with Gasteiger partial charge in [-0.3, -0.25) is 0 Å². The smallest absolute Gasteiger partial charge is 0.422 e. The van der Waals surface area contributed by atoms with Gasteiger partial charge < -0.3 is 4.74 Å². The van der Waals surface area contributed by atoms with E-state index < -0.39 is 12.8 Å². The lowest BCUT2D eigenvalue weighted by Gasteiger charge is -2.09. The third-order valence-corrected chi connectivity index (χ3v) is 1.50. The topological polar surface area (TPSA) is 9.23 Å². The van der Waals surface area contributed by atoms with Gasteiger partial charge in [-0.1, -0.05) is 24.8 Å². The largest absolute Gasteiger partial charge is 0.484 e. The van der Waals surface area contributed by atoms with Crippen molar-refractivity contribution in [3.63, 3.8) is 0 Å². The predicted octanol–water partition coefficient (Wildman–Crippen LogP) is 3.27. The van der Waals surface area contributed by atoms with Crippen molar-refractivity contribution in [2.75, 3.05) is 6.61 Å². The summed E-state index contributed by atoms with van der Waals surface area (Å²) in [5.41, 5.74) is 0.727. The summed E-state index contributed by atoms with van der Waals surface area (Å²) in [5, 5.41) is 0. The first-order valence-corrected chi connectivity index (χ1v) is 3.93. The van der Waals surface area contributed by atoms with Crippen LogP contribution in [-0.4, -0.2) is 12.8 Å². The van der Waals surface area contributed by atoms with Crippen molar-refractivity contribution in [2.45, 2.75) is 6.18 Å². The number of halogens is 3. The van der Waals surface area contributed by atoms with Crippen LogP contribution in [0.5, 0.6) is 5.75 Å². The maximum Gasteiger partial charge on any atom is 0.422 e. The van der Waals surface area contributed by atoms with E-state index in [1.165, 1.54) is 12.1 Å². The monoisotopic (exact) mass is 202 g/mol. The van der Waals surface area contributed by atoms with Gasteiger partial charge in [-0.05, 0) is 17.7 Å². The summed E-state index contributed by atoms with van der Waals surface area (Å²) in [4.78, 5) is 0. The summed E-state index contributed by atoms with van der Waals surface area (Å²) in [7, 11) is 0. The molecule has 0 fully saturated rings. The molecule has 0 unspecified atom stereocenters. The number of hydrogen-bond donors (Lipinski definition) is 0. The Morgan fingerprint density at radius 1 is 1.36 bits per heavy atom. The summed E-state index contributed by atoms with van der Waals surface area (Å²) in [6, 6.07) is 6.31. The Bertz CT molecular complexity index is 317. The molecule has 0 saturated heterocycles. The maximum absolute atomic E-state index is 11.8. The minimum absolute atomic E-state index is 0.194. The second-order valence-electron chi connectivity index (χ2n) is 2.68. The number of alkyl halides is 3. The normalized spacial score (nSPS) is 11.1. The van der Waals surface area contributed by atoms with E-state index in [-0.39, 0.29) is 5.75 Å². The van der Waals surface area contributed by atoms with E-state index in [0.29, 0.717) is 0 Å². The summed E-state index contributed by atoms with van der Waals surface area (Å²) in [5.74, 6) is 0.194. The van der Waals surface area contributed by atoms with Crippen LogP contribution in [0.25, 0.3) is 6.08 Å². The fourth-order valence-corrected chi connectivity index (χ4v) is 0.896. The summed E-state index contributed by atoms with van der Waals surface area (Å²) in [6.07, 6.45) is -2.76. The molecule has 1 rings (SSSR count). The van der Waals surface area contributed by atoms with Gasteiger partial charge in [0.25, 0.3) is 0 Å². The zero-order valence-electron chi connectivity index (χ0n) is 7.34. The van der Waals surface area contributed by atoms with E-state index in [0.717, 1.165) is 5.56 Å². The van der Waals surface area contributed by atoms with E-state index in [2.05, 4.69) is 11.3 Å². The second-order valence-corrected chi connectivity index (χ2v) is 2.68. The maximum atomic E-state index is 11.8. The van der Waals surface area contributed by atoms with Crippen LogP contribution in [0.3, 0.4) is 0 Å². The molecule has 0 bridgehead atoms. The van der Waals surface area contributed by atoms with Gasteiger partial charge in [-0.25, -0.2) is 0 Å². The van der Waals surface area contributed by atoms with Gasteiger partial charge in [0, 0.05) is 0 Å². The first kappa shape index (κ1) is 10.6. The molecule has 0 radical (unpaired) electrons. The highest BCUT2D eigenvalue weighted by Gasteiger charge is 2.28. The van der Waals surface area contributed by atoms with Crippen molar-refractivity contribution in [2.24, 2.45) is 0 Å². The molecule has 0 amide bonds. The van der Waals surface area contributed by atoms with E-state index >= 15 is 0 Å². The standard InChI is InChI=1S/C10H9F3O/c1-2-8-4-3-5-9(6-8)14-7-10(11,12)13/h2-6H,1,7H2. The highest BCUT2D eigenvalue weighted by molar-refractivity contribution is 5.49. The van der Waals surface area contributed by atoms with E-state index in [4.69, 9.17) is 0 Å². The van der Waals surface area contributed by atoms with Gasteiger partial charge in [0.05, 0.1) is 0 Å². The van der Waals surface area contributed by atoms with Gasteiger partial charge in [0.2, 0.25) is 0 Å². The molecule has 4 heteroatoms. The molecule has 0 saturated carbocycles. The zero-order valence-corrected chi connectivity index (χ0v) is 7.34. The molecule has 0 atom stereocenters. The molecular weight excluding hydrogens is 193 g/mol. The van der Waals surface area contributed by atoms with Crippen molar-refractivity contribution in [1.82, 2.24) is 0 Å². The van der Waals surface area contributed by atoms with Crippen LogP contribution in [0.15, 0.2) is 30.8 Å². The first-order valence-electron chi connectivity index (χ1n) is 3.93. The van der Waals surface area contributed by atoms with Gasteiger partial charge >= 0.3 is 6.18 Å². The van der Waals surface area contributed by atoms with E-state index in [1.54, 1.807) is 18.2 Å². The van der Waals surface area contributed by atoms with Crippen LogP contribution >= 0.6 is 0 Å². The molecule has 1 aromatic carbocycles. The van der Waals surface area contributed by atoms with Crippen molar-refractivity contribution in [1.29, 1.82) is 0 Å². The SMILES string of the molecule is C=Cc1cccc(OCC(F)(F)F)c1. The van der Waals surface area contributed by atoms with Crippen LogP contribution < -0.4 is 4.74 Å². The summed E-state index contributed by atoms with van der Waals surface area (Å²) < 4.78 is 39.9. The van der Waals surface area contributed by atoms with Crippen LogP contribution in [-0.2, 0) is 0 Å². The lowest BCUT2D eigenvalue weighted by atomic mass is 10.2. The quantitative estimate of drug-likeness (QED) is 0.730. The Morgan fingerprint density at radius 3 is 2.64 bits per heavy atom. The third kappa shape index (κ3) is 3.51. The molecule has 1 aromatic rings. The zero-order chi connectivity index (χ0) is 10.6. The molecular formula is C10H9F3O. The average molecular weight is 202 g/mol. The number of ether oxygens (including phenoxy) is 1. The molecule has 1 nitrogen and oxygen atoms in total. The molecule has 76 valence electrons. The Morgan fingerprint density at radius 2 is 2.07 bits per heavy atom. The Kier molecular flexibility index (Phi) is 3.17. The van der Waals surface area contributed by atoms with E-state index in [9.17, 15) is 13.2 Å². The predicted molar refractivity (Wildman–Crippen MR) is 48.1 cm³/mol. The van der Waals surface area contributed by atoms with Gasteiger partial charge in [-0.15, -0.1) is 0 Å². The van der Waals surface area contributed by atoms with Crippen LogP contribution in [0.2, 0.25) is 0 Å². The highest BCUT2D eigenvalue weighted by atomic mass is 19.4. The lowest BCUT2D eigenvalue weighted by molar-refractivity contribution is -0.153. The lowest BCUT2D eigenvalue weighted by Crippen LogP contribution is -2.19. The van der Waals surface area contributed by atoms with Gasteiger partial charge in [0.1, 0.15) is 5.75 Å². The average Bonchev–Trinajstić information content (AvgIpc) is 2.14. The Labute approximate surface area is 79.8 Å². The minimum atomic E-state index is -4.30. The van der Waals surface area contributed by atoms with Crippen LogP contribution in [0.4, 0.5) is 13.2 Å². The van der Waals surface area contributed by atoms with Crippen LogP contribution in [0, 0.1) is 0 Å². The minimum Gasteiger partial charge on any atom is -0.484 e. The number of rotatable bonds is 3. The molecule has 0 aliphatic rings. The van der Waals surface area contributed by atoms with Crippen molar-refractivity contribution < 1.29 is 17.9 Å². The van der Waals surface area contributed by atoms with Gasteiger partial charge in [-0.2, -0.15) is 13.2 Å². The Hall–Kier alpha value is -1.45. The fourth-order valence-electron chi connectivity index (χ4n) is 0.896. The first-order chi connectivity index (χ1) is 6.51. The molecule has 0 aliphatic carbocycles. The molecule has 0 aliphatic heterocycles. The van der Waals surface area contributed by atoms with E-state index in [1.807, 2.05) is 0 Å². The number of hydrogen-bond acceptors (Lipinski definition) is 1. The molecule has 14 heavy (non-hydrogen) atoms.